The Hall–Kier alpha value is -1.86. The molecule has 7 heteroatoms. The van der Waals surface area contributed by atoms with E-state index in [0.29, 0.717) is 6.54 Å². The Balaban J connectivity index is 1.94. The van der Waals surface area contributed by atoms with Crippen LogP contribution in [-0.2, 0) is 20.2 Å². The van der Waals surface area contributed by atoms with Crippen LogP contribution in [-0.4, -0.2) is 31.1 Å². The summed E-state index contributed by atoms with van der Waals surface area (Å²) in [6.45, 7) is 0.624. The molecule has 0 unspecified atom stereocenters. The third-order valence-electron chi connectivity index (χ3n) is 3.15. The Labute approximate surface area is 114 Å². The fourth-order valence-corrected chi connectivity index (χ4v) is 2.84. The van der Waals surface area contributed by atoms with Crippen LogP contribution < -0.4 is 4.90 Å². The number of imidazole rings is 2. The quantitative estimate of drug-likeness (QED) is 0.780. The van der Waals surface area contributed by atoms with Gasteiger partial charge in [-0.15, -0.1) is 11.3 Å². The van der Waals surface area contributed by atoms with Gasteiger partial charge < -0.3 is 14.6 Å². The summed E-state index contributed by atoms with van der Waals surface area (Å²) in [7, 11) is 3.93. The Morgan fingerprint density at radius 2 is 2.26 bits per heavy atom. The summed E-state index contributed by atoms with van der Waals surface area (Å²) >= 11 is 1.56. The second-order valence-electron chi connectivity index (χ2n) is 4.41. The maximum absolute atomic E-state index is 9.55. The first kappa shape index (κ1) is 12.2. The number of aliphatic hydroxyl groups is 1. The summed E-state index contributed by atoms with van der Waals surface area (Å²) in [4.78, 5) is 11.8. The summed E-state index contributed by atoms with van der Waals surface area (Å²) in [6, 6.07) is 0. The molecule has 1 N–H and O–H groups in total. The molecule has 0 atom stereocenters. The molecule has 0 bridgehead atoms. The molecule has 3 aromatic rings. The molecule has 0 aliphatic rings. The maximum Gasteiger partial charge on any atom is 0.195 e. The number of hydrogen-bond donors (Lipinski definition) is 1. The van der Waals surface area contributed by atoms with E-state index in [9.17, 15) is 5.11 Å². The molecule has 0 radical (unpaired) electrons. The number of anilines is 1. The van der Waals surface area contributed by atoms with Crippen LogP contribution in [0.4, 0.5) is 5.82 Å². The van der Waals surface area contributed by atoms with E-state index in [4.69, 9.17) is 0 Å². The van der Waals surface area contributed by atoms with E-state index in [2.05, 4.69) is 9.97 Å². The van der Waals surface area contributed by atoms with Crippen molar-refractivity contribution in [1.82, 2.24) is 18.9 Å². The number of aromatic nitrogens is 4. The Morgan fingerprint density at radius 1 is 1.42 bits per heavy atom. The van der Waals surface area contributed by atoms with Crippen molar-refractivity contribution in [3.8, 4) is 0 Å². The van der Waals surface area contributed by atoms with Gasteiger partial charge in [0.15, 0.2) is 10.8 Å². The van der Waals surface area contributed by atoms with Crippen molar-refractivity contribution >= 4 is 22.1 Å². The lowest BCUT2D eigenvalue weighted by atomic mass is 10.4. The fourth-order valence-electron chi connectivity index (χ4n) is 2.11. The van der Waals surface area contributed by atoms with Crippen LogP contribution >= 0.6 is 11.3 Å². The zero-order valence-electron chi connectivity index (χ0n) is 10.8. The number of fused-ring (bicyclic) bond motifs is 1. The molecule has 0 aliphatic heterocycles. The number of aliphatic hydroxyl groups excluding tert-OH is 1. The third-order valence-corrected chi connectivity index (χ3v) is 3.91. The Morgan fingerprint density at radius 3 is 2.95 bits per heavy atom. The summed E-state index contributed by atoms with van der Waals surface area (Å²) in [5.74, 6) is 1.76. The van der Waals surface area contributed by atoms with Gasteiger partial charge in [0.1, 0.15) is 5.82 Å². The van der Waals surface area contributed by atoms with Crippen molar-refractivity contribution in [3.05, 3.63) is 35.5 Å². The standard InChI is InChI=1S/C12H15N5OS/c1-15-4-3-13-10(15)7-16(2)11-9(8-18)17-5-6-19-12(17)14-11/h3-6,18H,7-8H2,1-2H3. The van der Waals surface area contributed by atoms with E-state index in [1.807, 2.05) is 45.7 Å². The first-order chi connectivity index (χ1) is 9.20. The predicted molar refractivity (Wildman–Crippen MR) is 74.3 cm³/mol. The van der Waals surface area contributed by atoms with Crippen molar-refractivity contribution in [3.63, 3.8) is 0 Å². The molecule has 6 nitrogen and oxygen atoms in total. The first-order valence-corrected chi connectivity index (χ1v) is 6.81. The predicted octanol–water partition coefficient (Wildman–Crippen LogP) is 1.26. The van der Waals surface area contributed by atoms with Crippen LogP contribution in [0.1, 0.15) is 11.5 Å². The molecular formula is C12H15N5OS. The molecule has 3 aromatic heterocycles. The largest absolute Gasteiger partial charge is 0.390 e. The zero-order valence-corrected chi connectivity index (χ0v) is 11.6. The smallest absolute Gasteiger partial charge is 0.195 e. The average molecular weight is 277 g/mol. The van der Waals surface area contributed by atoms with E-state index in [1.54, 1.807) is 17.5 Å². The molecule has 3 heterocycles. The van der Waals surface area contributed by atoms with Gasteiger partial charge in [0.05, 0.1) is 18.8 Å². The van der Waals surface area contributed by atoms with Gasteiger partial charge in [-0.25, -0.2) is 9.97 Å². The minimum absolute atomic E-state index is 0.0296. The van der Waals surface area contributed by atoms with Gasteiger partial charge in [0, 0.05) is 38.1 Å². The topological polar surface area (TPSA) is 58.6 Å². The van der Waals surface area contributed by atoms with Crippen LogP contribution in [0.25, 0.3) is 4.96 Å². The fraction of sp³-hybridized carbons (Fsp3) is 0.333. The molecule has 0 amide bonds. The van der Waals surface area contributed by atoms with Crippen LogP contribution in [0.15, 0.2) is 24.0 Å². The minimum Gasteiger partial charge on any atom is -0.390 e. The van der Waals surface area contributed by atoms with E-state index >= 15 is 0 Å². The lowest BCUT2D eigenvalue weighted by Crippen LogP contribution is -2.20. The second-order valence-corrected chi connectivity index (χ2v) is 5.28. The second kappa shape index (κ2) is 4.67. The van der Waals surface area contributed by atoms with E-state index in [-0.39, 0.29) is 6.61 Å². The van der Waals surface area contributed by atoms with Crippen molar-refractivity contribution in [2.45, 2.75) is 13.2 Å². The van der Waals surface area contributed by atoms with Crippen molar-refractivity contribution < 1.29 is 5.11 Å². The highest BCUT2D eigenvalue weighted by atomic mass is 32.1. The van der Waals surface area contributed by atoms with Crippen LogP contribution in [0.2, 0.25) is 0 Å². The van der Waals surface area contributed by atoms with Gasteiger partial charge in [-0.2, -0.15) is 0 Å². The van der Waals surface area contributed by atoms with Gasteiger partial charge in [-0.05, 0) is 0 Å². The van der Waals surface area contributed by atoms with Crippen molar-refractivity contribution in [2.75, 3.05) is 11.9 Å². The van der Waals surface area contributed by atoms with Crippen LogP contribution in [0.3, 0.4) is 0 Å². The first-order valence-electron chi connectivity index (χ1n) is 5.93. The highest BCUT2D eigenvalue weighted by Gasteiger charge is 2.17. The molecule has 0 saturated carbocycles. The number of thiazole rings is 1. The molecule has 0 saturated heterocycles. The normalized spacial score (nSPS) is 11.3. The minimum atomic E-state index is -0.0296. The lowest BCUT2D eigenvalue weighted by molar-refractivity contribution is 0.276. The van der Waals surface area contributed by atoms with Gasteiger partial charge >= 0.3 is 0 Å². The molecule has 100 valence electrons. The highest BCUT2D eigenvalue weighted by Crippen LogP contribution is 2.24. The van der Waals surface area contributed by atoms with Crippen LogP contribution in [0.5, 0.6) is 0 Å². The van der Waals surface area contributed by atoms with Gasteiger partial charge in [-0.1, -0.05) is 0 Å². The lowest BCUT2D eigenvalue weighted by Gasteiger charge is -2.17. The summed E-state index contributed by atoms with van der Waals surface area (Å²) in [5.41, 5.74) is 0.813. The number of nitrogens with zero attached hydrogens (tertiary/aromatic N) is 5. The Bertz CT molecular complexity index is 698. The molecule has 3 rings (SSSR count). The SMILES string of the molecule is CN(Cc1nccn1C)c1nc2sccn2c1CO. The maximum atomic E-state index is 9.55. The number of aryl methyl sites for hydroxylation is 1. The number of rotatable bonds is 4. The number of hydrogen-bond acceptors (Lipinski definition) is 5. The monoisotopic (exact) mass is 277 g/mol. The van der Waals surface area contributed by atoms with E-state index in [1.165, 1.54) is 0 Å². The molecule has 19 heavy (non-hydrogen) atoms. The summed E-state index contributed by atoms with van der Waals surface area (Å²) in [5, 5.41) is 11.5. The summed E-state index contributed by atoms with van der Waals surface area (Å²) < 4.78 is 3.91. The van der Waals surface area contributed by atoms with Gasteiger partial charge in [-0.3, -0.25) is 4.40 Å². The van der Waals surface area contributed by atoms with Gasteiger partial charge in [0.25, 0.3) is 0 Å². The van der Waals surface area contributed by atoms with E-state index in [0.717, 1.165) is 22.3 Å². The molecular weight excluding hydrogens is 262 g/mol. The van der Waals surface area contributed by atoms with E-state index < -0.39 is 0 Å². The van der Waals surface area contributed by atoms with Crippen molar-refractivity contribution in [2.24, 2.45) is 7.05 Å². The highest BCUT2D eigenvalue weighted by molar-refractivity contribution is 7.15. The average Bonchev–Trinajstić information content (AvgIpc) is 3.05. The van der Waals surface area contributed by atoms with Crippen LogP contribution in [0, 0.1) is 0 Å². The molecule has 0 spiro atoms. The Kier molecular flexibility index (Phi) is 3.00. The molecule has 0 aliphatic carbocycles. The molecule has 0 fully saturated rings. The third kappa shape index (κ3) is 2.00. The molecule has 0 aromatic carbocycles. The summed E-state index contributed by atoms with van der Waals surface area (Å²) in [6.07, 6.45) is 5.63. The van der Waals surface area contributed by atoms with Gasteiger partial charge in [0.2, 0.25) is 0 Å². The van der Waals surface area contributed by atoms with Crippen molar-refractivity contribution in [1.29, 1.82) is 0 Å². The zero-order chi connectivity index (χ0) is 13.4.